The van der Waals surface area contributed by atoms with E-state index in [0.29, 0.717) is 11.5 Å². The molecule has 9 aromatic carbocycles. The number of pyridine rings is 1. The summed E-state index contributed by atoms with van der Waals surface area (Å²) in [6.07, 6.45) is 1.84. The van der Waals surface area contributed by atoms with Crippen LogP contribution in [0.25, 0.3) is 38.8 Å². The molecule has 0 amide bonds. The summed E-state index contributed by atoms with van der Waals surface area (Å²) in [5.41, 5.74) is 11.2. The molecule has 0 aliphatic carbocycles. The standard InChI is InChI=1S/C72H64FN4OSi.Pt/c1-70(2,3)50-38-39-74-68(44-50)77-65-37-34-53(73)45-64(65)63-36-35-57(47-67(63)77)78-56-24-20-23-54(46-56)75-48-76(55-42-51(71(4,5)6)41-52(43-55)72(7,8)9)69-62(32-21-33-66(69)75)49-22-19-31-61(40-49)79(58-25-13-10-14-26-58,59-27-15-11-16-28-59)60-29-17-12-18-30-60;/h10-45,48H,1-9H3;/q-3;. The summed E-state index contributed by atoms with van der Waals surface area (Å²) < 4.78 is 23.8. The van der Waals surface area contributed by atoms with Crippen LogP contribution in [0.1, 0.15) is 79.0 Å². The molecule has 0 saturated carbocycles. The van der Waals surface area contributed by atoms with Gasteiger partial charge in [0.15, 0.2) is 8.07 Å². The van der Waals surface area contributed by atoms with Gasteiger partial charge in [-0.1, -0.05) is 201 Å². The summed E-state index contributed by atoms with van der Waals surface area (Å²) in [5, 5.41) is 6.92. The van der Waals surface area contributed by atoms with E-state index in [4.69, 9.17) is 9.72 Å². The van der Waals surface area contributed by atoms with Crippen molar-refractivity contribution in [2.24, 2.45) is 0 Å². The minimum absolute atomic E-state index is 0. The summed E-state index contributed by atoms with van der Waals surface area (Å²) in [4.78, 5) is 9.45. The number of nitrogens with zero attached hydrogens (tertiary/aromatic N) is 4. The zero-order valence-electron chi connectivity index (χ0n) is 46.8. The van der Waals surface area contributed by atoms with Crippen LogP contribution in [0.3, 0.4) is 0 Å². The summed E-state index contributed by atoms with van der Waals surface area (Å²) in [5.74, 6) is 1.46. The molecule has 0 fully saturated rings. The Morgan fingerprint density at radius 2 is 1.09 bits per heavy atom. The van der Waals surface area contributed by atoms with Crippen LogP contribution in [0.15, 0.2) is 219 Å². The van der Waals surface area contributed by atoms with E-state index in [2.05, 4.69) is 265 Å². The maximum absolute atomic E-state index is 14.9. The molecule has 3 heterocycles. The molecule has 402 valence electrons. The maximum atomic E-state index is 14.9. The van der Waals surface area contributed by atoms with Gasteiger partial charge >= 0.3 is 0 Å². The average Bonchev–Trinajstić information content (AvgIpc) is 4.11. The number of aromatic nitrogens is 2. The first-order chi connectivity index (χ1) is 37.9. The Morgan fingerprint density at radius 3 is 1.71 bits per heavy atom. The quantitative estimate of drug-likeness (QED) is 0.0776. The second kappa shape index (κ2) is 21.0. The second-order valence-corrected chi connectivity index (χ2v) is 27.8. The molecule has 0 saturated heterocycles. The van der Waals surface area contributed by atoms with Crippen LogP contribution in [-0.4, -0.2) is 17.6 Å². The molecule has 1 aliphatic heterocycles. The van der Waals surface area contributed by atoms with Gasteiger partial charge in [-0.05, 0) is 113 Å². The summed E-state index contributed by atoms with van der Waals surface area (Å²) >= 11 is 0. The fourth-order valence-corrected chi connectivity index (χ4v) is 16.2. The number of hydrogen-bond donors (Lipinski definition) is 0. The van der Waals surface area contributed by atoms with E-state index in [1.54, 1.807) is 6.07 Å². The first kappa shape index (κ1) is 54.1. The van der Waals surface area contributed by atoms with Gasteiger partial charge in [0.05, 0.1) is 0 Å². The monoisotopic (exact) mass is 1240 g/mol. The van der Waals surface area contributed by atoms with Crippen molar-refractivity contribution in [2.45, 2.75) is 78.6 Å². The van der Waals surface area contributed by atoms with E-state index in [1.807, 2.05) is 36.5 Å². The number of halogens is 1. The van der Waals surface area contributed by atoms with Gasteiger partial charge in [0, 0.05) is 66.9 Å². The predicted octanol–water partition coefficient (Wildman–Crippen LogP) is 16.1. The number of hydrogen-bond acceptors (Lipinski definition) is 4. The molecule has 0 radical (unpaired) electrons. The van der Waals surface area contributed by atoms with Crippen LogP contribution in [0.2, 0.25) is 0 Å². The smallest absolute Gasteiger partial charge is 0.179 e. The largest absolute Gasteiger partial charge is 0.509 e. The molecule has 2 aromatic heterocycles. The summed E-state index contributed by atoms with van der Waals surface area (Å²) in [6, 6.07) is 82.7. The Morgan fingerprint density at radius 1 is 0.500 bits per heavy atom. The van der Waals surface area contributed by atoms with E-state index < -0.39 is 8.07 Å². The molecule has 0 unspecified atom stereocenters. The summed E-state index contributed by atoms with van der Waals surface area (Å²) in [7, 11) is -2.86. The number of benzene rings is 9. The van der Waals surface area contributed by atoms with Gasteiger partial charge < -0.3 is 19.1 Å². The predicted molar refractivity (Wildman–Crippen MR) is 329 cm³/mol. The number of fused-ring (bicyclic) bond motifs is 4. The van der Waals surface area contributed by atoms with Crippen LogP contribution in [-0.2, 0) is 37.3 Å². The minimum Gasteiger partial charge on any atom is -0.509 e. The Labute approximate surface area is 486 Å². The Kier molecular flexibility index (Phi) is 14.2. The second-order valence-electron chi connectivity index (χ2n) is 24.0. The van der Waals surface area contributed by atoms with E-state index in [9.17, 15) is 4.39 Å². The zero-order valence-corrected chi connectivity index (χ0v) is 50.0. The molecule has 1 aliphatic rings. The zero-order chi connectivity index (χ0) is 54.8. The van der Waals surface area contributed by atoms with E-state index >= 15 is 0 Å². The number of rotatable bonds is 10. The van der Waals surface area contributed by atoms with Crippen molar-refractivity contribution in [3.8, 4) is 28.4 Å². The summed E-state index contributed by atoms with van der Waals surface area (Å²) in [6.45, 7) is 22.5. The van der Waals surface area contributed by atoms with E-state index in [0.717, 1.165) is 67.1 Å². The molecule has 0 N–H and O–H groups in total. The van der Waals surface area contributed by atoms with Gasteiger partial charge in [-0.25, -0.2) is 9.37 Å². The first-order valence-electron chi connectivity index (χ1n) is 27.3. The molecule has 80 heavy (non-hydrogen) atoms. The topological polar surface area (TPSA) is 33.5 Å². The number of para-hydroxylation sites is 1. The van der Waals surface area contributed by atoms with Gasteiger partial charge in [-0.3, -0.25) is 0 Å². The number of ether oxygens (including phenoxy) is 1. The van der Waals surface area contributed by atoms with Crippen molar-refractivity contribution in [3.05, 3.63) is 260 Å². The Balaban J connectivity index is 0.00000675. The third-order valence-electron chi connectivity index (χ3n) is 15.6. The molecule has 0 spiro atoms. The minimum atomic E-state index is -2.86. The third kappa shape index (κ3) is 9.90. The number of anilines is 4. The molecule has 8 heteroatoms. The average molecular weight is 1240 g/mol. The van der Waals surface area contributed by atoms with Crippen LogP contribution in [0.5, 0.6) is 11.5 Å². The maximum Gasteiger partial charge on any atom is 0.179 e. The van der Waals surface area contributed by atoms with Crippen molar-refractivity contribution in [1.29, 1.82) is 0 Å². The van der Waals surface area contributed by atoms with Crippen LogP contribution in [0.4, 0.5) is 27.1 Å². The van der Waals surface area contributed by atoms with Crippen molar-refractivity contribution in [2.75, 3.05) is 9.80 Å². The normalized spacial score (nSPS) is 12.9. The molecule has 11 aromatic rings. The molecule has 5 nitrogen and oxygen atoms in total. The molecule has 0 bridgehead atoms. The van der Waals surface area contributed by atoms with Crippen LogP contribution < -0.4 is 35.3 Å². The Bertz CT molecular complexity index is 3940. The van der Waals surface area contributed by atoms with Gasteiger partial charge in [0.2, 0.25) is 0 Å². The van der Waals surface area contributed by atoms with E-state index in [1.165, 1.54) is 37.9 Å². The van der Waals surface area contributed by atoms with Crippen molar-refractivity contribution in [3.63, 3.8) is 0 Å². The molecular weight excluding hydrogens is 1180 g/mol. The third-order valence-corrected chi connectivity index (χ3v) is 20.4. The molecule has 12 rings (SSSR count). The van der Waals surface area contributed by atoms with Crippen molar-refractivity contribution in [1.82, 2.24) is 9.55 Å². The van der Waals surface area contributed by atoms with Crippen molar-refractivity contribution < 1.29 is 30.2 Å². The Hall–Kier alpha value is -7.83. The fourth-order valence-electron chi connectivity index (χ4n) is 11.4. The first-order valence-corrected chi connectivity index (χ1v) is 29.3. The SMILES string of the molecule is CC(C)(C)c1cc(N2[CH-]N(c3[c-]c(Oc4[c-]c5c(cc4)c4cc(F)ccc4n5-c4cc(C(C)(C)C)ccn4)ccc3)c3cccc(-c4cccc([Si](c5ccccc5)(c5ccccc5)c5ccccc5)c4)c32)cc(C(C)(C)C)c1.[Pt]. The molecular formula is C72H64FN4OPtSi-3. The van der Waals surface area contributed by atoms with Gasteiger partial charge in [-0.15, -0.1) is 48.1 Å². The van der Waals surface area contributed by atoms with E-state index in [-0.39, 0.29) is 43.1 Å². The fraction of sp³-hybridized carbons (Fsp3) is 0.167. The van der Waals surface area contributed by atoms with Crippen LogP contribution >= 0.6 is 0 Å². The van der Waals surface area contributed by atoms with Gasteiger partial charge in [0.1, 0.15) is 11.6 Å². The van der Waals surface area contributed by atoms with Gasteiger partial charge in [-0.2, -0.15) is 12.1 Å². The van der Waals surface area contributed by atoms with Crippen LogP contribution in [0, 0.1) is 24.6 Å². The van der Waals surface area contributed by atoms with Gasteiger partial charge in [0.25, 0.3) is 0 Å². The molecule has 0 atom stereocenters. The van der Waals surface area contributed by atoms with Crippen molar-refractivity contribution >= 4 is 73.4 Å².